The van der Waals surface area contributed by atoms with Gasteiger partial charge in [0.1, 0.15) is 11.5 Å². The van der Waals surface area contributed by atoms with E-state index in [2.05, 4.69) is 10.1 Å². The van der Waals surface area contributed by atoms with Crippen LogP contribution in [0, 0.1) is 6.92 Å². The summed E-state index contributed by atoms with van der Waals surface area (Å²) in [6.45, 7) is 1.31. The van der Waals surface area contributed by atoms with E-state index in [0.29, 0.717) is 45.3 Å². The minimum absolute atomic E-state index is 0.306. The third kappa shape index (κ3) is 3.65. The number of ether oxygens (including phenoxy) is 3. The van der Waals surface area contributed by atoms with Crippen LogP contribution in [0.4, 0.5) is 0 Å². The van der Waals surface area contributed by atoms with Crippen LogP contribution < -0.4 is 9.47 Å². The summed E-state index contributed by atoms with van der Waals surface area (Å²) < 4.78 is 20.9. The smallest absolute Gasteiger partial charge is 0.339 e. The molecule has 29 heavy (non-hydrogen) atoms. The molecule has 4 rings (SSSR count). The highest BCUT2D eigenvalue weighted by atomic mass is 16.5. The molecule has 0 aliphatic heterocycles. The highest BCUT2D eigenvalue weighted by molar-refractivity contribution is 6.05. The molecule has 1 fully saturated rings. The van der Waals surface area contributed by atoms with Crippen molar-refractivity contribution in [3.8, 4) is 11.5 Å². The molecule has 0 unspecified atom stereocenters. The lowest BCUT2D eigenvalue weighted by Gasteiger charge is -2.10. The van der Waals surface area contributed by atoms with E-state index >= 15 is 0 Å². The maximum Gasteiger partial charge on any atom is 0.339 e. The fraction of sp³-hybridized carbons (Fsp3) is 0.333. The van der Waals surface area contributed by atoms with Crippen LogP contribution in [0.1, 0.15) is 50.9 Å². The molecule has 0 amide bonds. The number of pyridine rings is 1. The van der Waals surface area contributed by atoms with E-state index < -0.39 is 12.6 Å². The highest BCUT2D eigenvalue weighted by Gasteiger charge is 2.29. The van der Waals surface area contributed by atoms with Crippen LogP contribution in [-0.2, 0) is 4.74 Å². The fourth-order valence-electron chi connectivity index (χ4n) is 3.18. The summed E-state index contributed by atoms with van der Waals surface area (Å²) in [5.41, 5.74) is 2.25. The quantitative estimate of drug-likeness (QED) is 0.442. The molecular formula is C21H20N2O6. The van der Waals surface area contributed by atoms with Crippen LogP contribution in [0.25, 0.3) is 11.1 Å². The van der Waals surface area contributed by atoms with Crippen molar-refractivity contribution in [3.05, 3.63) is 46.8 Å². The van der Waals surface area contributed by atoms with E-state index in [1.165, 1.54) is 14.2 Å². The Labute approximate surface area is 166 Å². The van der Waals surface area contributed by atoms with Crippen molar-refractivity contribution < 1.29 is 28.3 Å². The van der Waals surface area contributed by atoms with Gasteiger partial charge in [0.2, 0.25) is 5.78 Å². The average Bonchev–Trinajstić information content (AvgIpc) is 3.53. The molecular weight excluding hydrogens is 376 g/mol. The monoisotopic (exact) mass is 396 g/mol. The number of benzene rings is 1. The molecule has 2 heterocycles. The van der Waals surface area contributed by atoms with Gasteiger partial charge in [0.15, 0.2) is 6.61 Å². The molecule has 0 bridgehead atoms. The first kappa shape index (κ1) is 18.9. The van der Waals surface area contributed by atoms with Gasteiger partial charge < -0.3 is 18.7 Å². The summed E-state index contributed by atoms with van der Waals surface area (Å²) in [6, 6.07) is 6.54. The first-order valence-electron chi connectivity index (χ1n) is 9.21. The molecule has 2 aromatic heterocycles. The predicted octanol–water partition coefficient (Wildman–Crippen LogP) is 3.47. The standard InChI is InChI=1S/C21H20N2O6/c1-11-19-15(9-16(12-4-5-12)22-20(19)29-23-11)21(25)28-10-17(24)14-7-6-13(26-2)8-18(14)27-3/h6-9,12H,4-5,10H2,1-3H3. The summed E-state index contributed by atoms with van der Waals surface area (Å²) in [4.78, 5) is 29.8. The van der Waals surface area contributed by atoms with E-state index in [1.54, 1.807) is 31.2 Å². The second-order valence-corrected chi connectivity index (χ2v) is 6.88. The summed E-state index contributed by atoms with van der Waals surface area (Å²) >= 11 is 0. The molecule has 1 aromatic carbocycles. The van der Waals surface area contributed by atoms with Gasteiger partial charge in [-0.05, 0) is 38.0 Å². The lowest BCUT2D eigenvalue weighted by Crippen LogP contribution is -2.16. The molecule has 8 heteroatoms. The minimum Gasteiger partial charge on any atom is -0.497 e. The molecule has 1 saturated carbocycles. The maximum absolute atomic E-state index is 12.8. The maximum atomic E-state index is 12.8. The molecule has 0 atom stereocenters. The fourth-order valence-corrected chi connectivity index (χ4v) is 3.18. The summed E-state index contributed by atoms with van der Waals surface area (Å²) in [7, 11) is 2.98. The molecule has 3 aromatic rings. The van der Waals surface area contributed by atoms with E-state index in [4.69, 9.17) is 18.7 Å². The molecule has 0 saturated heterocycles. The topological polar surface area (TPSA) is 101 Å². The van der Waals surface area contributed by atoms with Gasteiger partial charge in [0, 0.05) is 17.7 Å². The first-order valence-corrected chi connectivity index (χ1v) is 9.21. The van der Waals surface area contributed by atoms with Gasteiger partial charge in [-0.1, -0.05) is 5.16 Å². The normalized spacial score (nSPS) is 13.3. The number of ketones is 1. The van der Waals surface area contributed by atoms with Gasteiger partial charge in [0.05, 0.1) is 36.4 Å². The molecule has 0 N–H and O–H groups in total. The number of Topliss-reactive ketones (excluding diaryl/α,β-unsaturated/α-hetero) is 1. The van der Waals surface area contributed by atoms with Crippen LogP contribution in [0.2, 0.25) is 0 Å². The van der Waals surface area contributed by atoms with E-state index in [1.807, 2.05) is 0 Å². The Morgan fingerprint density at radius 2 is 1.93 bits per heavy atom. The number of aromatic nitrogens is 2. The van der Waals surface area contributed by atoms with Crippen molar-refractivity contribution in [1.29, 1.82) is 0 Å². The van der Waals surface area contributed by atoms with E-state index in [0.717, 1.165) is 18.5 Å². The van der Waals surface area contributed by atoms with Gasteiger partial charge in [0.25, 0.3) is 5.71 Å². The Morgan fingerprint density at radius 3 is 2.62 bits per heavy atom. The summed E-state index contributed by atoms with van der Waals surface area (Å²) in [6.07, 6.45) is 2.05. The Bertz CT molecular complexity index is 1100. The SMILES string of the molecule is COc1ccc(C(=O)COC(=O)c2cc(C3CC3)nc3onc(C)c23)c(OC)c1. The molecule has 1 aliphatic rings. The second kappa shape index (κ2) is 7.54. The average molecular weight is 396 g/mol. The van der Waals surface area contributed by atoms with Gasteiger partial charge in [-0.25, -0.2) is 9.78 Å². The number of rotatable bonds is 7. The third-order valence-corrected chi connectivity index (χ3v) is 4.90. The third-order valence-electron chi connectivity index (χ3n) is 4.90. The van der Waals surface area contributed by atoms with Crippen molar-refractivity contribution in [1.82, 2.24) is 10.1 Å². The molecule has 0 radical (unpaired) electrons. The summed E-state index contributed by atoms with van der Waals surface area (Å²) in [5.74, 6) is 0.230. The van der Waals surface area contributed by atoms with Gasteiger partial charge in [-0.3, -0.25) is 4.79 Å². The number of hydrogen-bond donors (Lipinski definition) is 0. The number of carbonyl (C=O) groups is 2. The Kier molecular flexibility index (Phi) is 4.92. The van der Waals surface area contributed by atoms with Crippen LogP contribution in [-0.4, -0.2) is 42.7 Å². The van der Waals surface area contributed by atoms with Gasteiger partial charge in [-0.15, -0.1) is 0 Å². The molecule has 150 valence electrons. The zero-order chi connectivity index (χ0) is 20.5. The van der Waals surface area contributed by atoms with Gasteiger partial charge >= 0.3 is 5.97 Å². The number of methoxy groups -OCH3 is 2. The van der Waals surface area contributed by atoms with Crippen LogP contribution in [0.3, 0.4) is 0 Å². The van der Waals surface area contributed by atoms with Crippen molar-refractivity contribution >= 4 is 22.9 Å². The number of fused-ring (bicyclic) bond motifs is 1. The van der Waals surface area contributed by atoms with E-state index in [-0.39, 0.29) is 5.78 Å². The largest absolute Gasteiger partial charge is 0.497 e. The minimum atomic E-state index is -0.619. The molecule has 8 nitrogen and oxygen atoms in total. The summed E-state index contributed by atoms with van der Waals surface area (Å²) in [5, 5.41) is 4.41. The number of aryl methyl sites for hydroxylation is 1. The second-order valence-electron chi connectivity index (χ2n) is 6.88. The number of esters is 1. The number of carbonyl (C=O) groups excluding carboxylic acids is 2. The van der Waals surface area contributed by atoms with Crippen LogP contribution in [0.5, 0.6) is 11.5 Å². The van der Waals surface area contributed by atoms with Gasteiger partial charge in [-0.2, -0.15) is 0 Å². The first-order chi connectivity index (χ1) is 14.0. The Hall–Kier alpha value is -3.42. The van der Waals surface area contributed by atoms with Crippen LogP contribution in [0.15, 0.2) is 28.8 Å². The predicted molar refractivity (Wildman–Crippen MR) is 103 cm³/mol. The molecule has 0 spiro atoms. The zero-order valence-corrected chi connectivity index (χ0v) is 16.4. The highest BCUT2D eigenvalue weighted by Crippen LogP contribution is 2.40. The van der Waals surface area contributed by atoms with Crippen molar-refractivity contribution in [3.63, 3.8) is 0 Å². The van der Waals surface area contributed by atoms with E-state index in [9.17, 15) is 9.59 Å². The number of nitrogens with zero attached hydrogens (tertiary/aromatic N) is 2. The lowest BCUT2D eigenvalue weighted by molar-refractivity contribution is 0.0475. The number of hydrogen-bond acceptors (Lipinski definition) is 8. The Balaban J connectivity index is 1.56. The van der Waals surface area contributed by atoms with Crippen molar-refractivity contribution in [2.75, 3.05) is 20.8 Å². The Morgan fingerprint density at radius 1 is 1.14 bits per heavy atom. The van der Waals surface area contributed by atoms with Crippen molar-refractivity contribution in [2.24, 2.45) is 0 Å². The van der Waals surface area contributed by atoms with Crippen LogP contribution >= 0.6 is 0 Å². The molecule has 1 aliphatic carbocycles. The van der Waals surface area contributed by atoms with Crippen molar-refractivity contribution in [2.45, 2.75) is 25.7 Å². The zero-order valence-electron chi connectivity index (χ0n) is 16.4. The lowest BCUT2D eigenvalue weighted by atomic mass is 10.1.